The Morgan fingerprint density at radius 2 is 2.33 bits per heavy atom. The fraction of sp³-hybridized carbons (Fsp3) is 0.667. The standard InChI is InChI=1S/C9H14O2S/c1-9(2,8(10)11)7-3-5-12-6-4-7/h3H,4-6H2,1-2H3,(H,10,11). The third-order valence-corrected chi connectivity index (χ3v) is 3.20. The van der Waals surface area contributed by atoms with Gasteiger partial charge in [0.05, 0.1) is 5.41 Å². The van der Waals surface area contributed by atoms with Gasteiger partial charge in [0.1, 0.15) is 0 Å². The summed E-state index contributed by atoms with van der Waals surface area (Å²) in [4.78, 5) is 10.9. The zero-order valence-corrected chi connectivity index (χ0v) is 8.28. The van der Waals surface area contributed by atoms with Crippen LogP contribution in [0.3, 0.4) is 0 Å². The van der Waals surface area contributed by atoms with Crippen LogP contribution in [0.2, 0.25) is 0 Å². The molecule has 2 nitrogen and oxygen atoms in total. The summed E-state index contributed by atoms with van der Waals surface area (Å²) >= 11 is 1.86. The first-order chi connectivity index (χ1) is 5.55. The number of aliphatic carboxylic acids is 1. The fourth-order valence-electron chi connectivity index (χ4n) is 1.23. The topological polar surface area (TPSA) is 37.3 Å². The lowest BCUT2D eigenvalue weighted by molar-refractivity contribution is -0.144. The van der Waals surface area contributed by atoms with Crippen LogP contribution < -0.4 is 0 Å². The minimum absolute atomic E-state index is 0.666. The van der Waals surface area contributed by atoms with Gasteiger partial charge in [-0.05, 0) is 26.0 Å². The Bertz CT molecular complexity index is 219. The van der Waals surface area contributed by atoms with E-state index in [1.807, 2.05) is 11.8 Å². The number of carbonyl (C=O) groups is 1. The highest BCUT2D eigenvalue weighted by Crippen LogP contribution is 2.32. The average molecular weight is 186 g/mol. The lowest BCUT2D eigenvalue weighted by Crippen LogP contribution is -2.27. The van der Waals surface area contributed by atoms with E-state index < -0.39 is 11.4 Å². The van der Waals surface area contributed by atoms with Gasteiger partial charge < -0.3 is 5.11 Å². The van der Waals surface area contributed by atoms with Gasteiger partial charge in [-0.25, -0.2) is 0 Å². The highest BCUT2D eigenvalue weighted by Gasteiger charge is 2.31. The van der Waals surface area contributed by atoms with E-state index in [4.69, 9.17) is 5.11 Å². The molecule has 1 rings (SSSR count). The molecule has 1 heterocycles. The lowest BCUT2D eigenvalue weighted by atomic mass is 9.82. The molecule has 1 aliphatic rings. The Morgan fingerprint density at radius 3 is 2.75 bits per heavy atom. The zero-order chi connectivity index (χ0) is 9.19. The normalized spacial score (nSPS) is 18.7. The molecule has 0 saturated carbocycles. The quantitative estimate of drug-likeness (QED) is 0.671. The highest BCUT2D eigenvalue weighted by atomic mass is 32.2. The summed E-state index contributed by atoms with van der Waals surface area (Å²) in [6, 6.07) is 0. The molecule has 0 unspecified atom stereocenters. The third kappa shape index (κ3) is 1.83. The molecule has 1 aliphatic heterocycles. The molecule has 12 heavy (non-hydrogen) atoms. The van der Waals surface area contributed by atoms with Crippen LogP contribution in [-0.2, 0) is 4.79 Å². The lowest BCUT2D eigenvalue weighted by Gasteiger charge is -2.25. The molecule has 68 valence electrons. The molecule has 0 fully saturated rings. The molecule has 0 aromatic carbocycles. The summed E-state index contributed by atoms with van der Waals surface area (Å²) in [6.45, 7) is 3.55. The van der Waals surface area contributed by atoms with E-state index >= 15 is 0 Å². The molecule has 0 aliphatic carbocycles. The van der Waals surface area contributed by atoms with Crippen LogP contribution in [0, 0.1) is 5.41 Å². The van der Waals surface area contributed by atoms with Crippen molar-refractivity contribution >= 4 is 17.7 Å². The van der Waals surface area contributed by atoms with Crippen molar-refractivity contribution in [1.29, 1.82) is 0 Å². The predicted molar refractivity (Wildman–Crippen MR) is 51.4 cm³/mol. The Labute approximate surface area is 77.0 Å². The maximum Gasteiger partial charge on any atom is 0.313 e. The van der Waals surface area contributed by atoms with E-state index in [1.54, 1.807) is 13.8 Å². The van der Waals surface area contributed by atoms with Crippen molar-refractivity contribution in [2.45, 2.75) is 20.3 Å². The minimum Gasteiger partial charge on any atom is -0.481 e. The van der Waals surface area contributed by atoms with Crippen LogP contribution >= 0.6 is 11.8 Å². The maximum absolute atomic E-state index is 10.9. The number of rotatable bonds is 2. The molecule has 0 aromatic rings. The Kier molecular flexibility index (Phi) is 2.83. The van der Waals surface area contributed by atoms with Gasteiger partial charge in [-0.3, -0.25) is 4.79 Å². The van der Waals surface area contributed by atoms with E-state index in [0.29, 0.717) is 0 Å². The fourth-order valence-corrected chi connectivity index (χ4v) is 2.08. The van der Waals surface area contributed by atoms with Gasteiger partial charge >= 0.3 is 5.97 Å². The van der Waals surface area contributed by atoms with E-state index in [2.05, 4.69) is 6.08 Å². The first-order valence-electron chi connectivity index (χ1n) is 4.06. The number of carboxylic acid groups (broad SMARTS) is 1. The van der Waals surface area contributed by atoms with Gasteiger partial charge in [0.25, 0.3) is 0 Å². The molecule has 0 radical (unpaired) electrons. The van der Waals surface area contributed by atoms with Gasteiger partial charge in [0.15, 0.2) is 0 Å². The SMILES string of the molecule is CC(C)(C(=O)O)C1=CCSCC1. The Balaban J connectivity index is 2.79. The summed E-state index contributed by atoms with van der Waals surface area (Å²) in [5.74, 6) is 1.30. The van der Waals surface area contributed by atoms with E-state index in [0.717, 1.165) is 23.5 Å². The van der Waals surface area contributed by atoms with E-state index in [-0.39, 0.29) is 0 Å². The van der Waals surface area contributed by atoms with E-state index in [1.165, 1.54) is 0 Å². The van der Waals surface area contributed by atoms with Gasteiger partial charge in [-0.1, -0.05) is 11.6 Å². The molecule has 0 spiro atoms. The monoisotopic (exact) mass is 186 g/mol. The number of hydrogen-bond acceptors (Lipinski definition) is 2. The van der Waals surface area contributed by atoms with Gasteiger partial charge in [0, 0.05) is 5.75 Å². The minimum atomic E-state index is -0.722. The summed E-state index contributed by atoms with van der Waals surface area (Å²) < 4.78 is 0. The largest absolute Gasteiger partial charge is 0.481 e. The van der Waals surface area contributed by atoms with Crippen molar-refractivity contribution in [3.63, 3.8) is 0 Å². The Morgan fingerprint density at radius 1 is 1.67 bits per heavy atom. The molecule has 0 amide bonds. The van der Waals surface area contributed by atoms with Crippen LogP contribution in [-0.4, -0.2) is 22.6 Å². The average Bonchev–Trinajstić information content (AvgIpc) is 2.06. The van der Waals surface area contributed by atoms with Gasteiger partial charge in [0.2, 0.25) is 0 Å². The first-order valence-corrected chi connectivity index (χ1v) is 5.21. The zero-order valence-electron chi connectivity index (χ0n) is 7.46. The predicted octanol–water partition coefficient (Wildman–Crippen LogP) is 2.16. The molecule has 0 atom stereocenters. The second-order valence-corrected chi connectivity index (χ2v) is 4.63. The maximum atomic E-state index is 10.9. The third-order valence-electron chi connectivity index (χ3n) is 2.30. The van der Waals surface area contributed by atoms with E-state index in [9.17, 15) is 4.79 Å². The second-order valence-electron chi connectivity index (χ2n) is 3.48. The second kappa shape index (κ2) is 3.52. The van der Waals surface area contributed by atoms with Gasteiger partial charge in [-0.2, -0.15) is 11.8 Å². The molecule has 0 bridgehead atoms. The molecular weight excluding hydrogens is 172 g/mol. The van der Waals surface area contributed by atoms with Crippen molar-refractivity contribution in [2.75, 3.05) is 11.5 Å². The van der Waals surface area contributed by atoms with Crippen molar-refractivity contribution in [3.8, 4) is 0 Å². The molecule has 1 N–H and O–H groups in total. The summed E-state index contributed by atoms with van der Waals surface area (Å²) in [7, 11) is 0. The molecule has 3 heteroatoms. The number of thioether (sulfide) groups is 1. The summed E-state index contributed by atoms with van der Waals surface area (Å²) in [6.07, 6.45) is 2.98. The molecular formula is C9H14O2S. The van der Waals surface area contributed by atoms with Crippen molar-refractivity contribution < 1.29 is 9.90 Å². The van der Waals surface area contributed by atoms with Crippen molar-refractivity contribution in [2.24, 2.45) is 5.41 Å². The van der Waals surface area contributed by atoms with Crippen LogP contribution in [0.1, 0.15) is 20.3 Å². The van der Waals surface area contributed by atoms with Gasteiger partial charge in [-0.15, -0.1) is 0 Å². The number of carboxylic acids is 1. The van der Waals surface area contributed by atoms with Crippen LogP contribution in [0.4, 0.5) is 0 Å². The summed E-state index contributed by atoms with van der Waals surface area (Å²) in [5, 5.41) is 8.95. The first kappa shape index (κ1) is 9.65. The van der Waals surface area contributed by atoms with Crippen molar-refractivity contribution in [1.82, 2.24) is 0 Å². The molecule has 0 saturated heterocycles. The van der Waals surface area contributed by atoms with Crippen LogP contribution in [0.25, 0.3) is 0 Å². The van der Waals surface area contributed by atoms with Crippen LogP contribution in [0.15, 0.2) is 11.6 Å². The van der Waals surface area contributed by atoms with Crippen LogP contribution in [0.5, 0.6) is 0 Å². The van der Waals surface area contributed by atoms with Crippen molar-refractivity contribution in [3.05, 3.63) is 11.6 Å². The molecule has 0 aromatic heterocycles. The number of hydrogen-bond donors (Lipinski definition) is 1. The smallest absolute Gasteiger partial charge is 0.313 e. The highest BCUT2D eigenvalue weighted by molar-refractivity contribution is 7.99. The Hall–Kier alpha value is -0.440. The summed E-state index contributed by atoms with van der Waals surface area (Å²) in [5.41, 5.74) is 0.412.